The number of aromatic nitrogens is 1. The van der Waals surface area contributed by atoms with Gasteiger partial charge in [-0.05, 0) is 58.6 Å². The van der Waals surface area contributed by atoms with Gasteiger partial charge in [0.05, 0.1) is 17.8 Å². The Hall–Kier alpha value is -1.86. The second-order valence-corrected chi connectivity index (χ2v) is 7.17. The topological polar surface area (TPSA) is 71.1 Å². The summed E-state index contributed by atoms with van der Waals surface area (Å²) in [6.07, 6.45) is 4.21. The largest absolute Gasteiger partial charge is 0.349 e. The molecule has 0 aliphatic rings. The number of amides is 2. The molecule has 132 valence electrons. The first-order valence-corrected chi connectivity index (χ1v) is 10.0. The van der Waals surface area contributed by atoms with Crippen LogP contribution in [0.1, 0.15) is 22.5 Å². The predicted octanol–water partition coefficient (Wildman–Crippen LogP) is 3.01. The summed E-state index contributed by atoms with van der Waals surface area (Å²) in [5.74, 6) is 0.296. The van der Waals surface area contributed by atoms with Gasteiger partial charge in [-0.3, -0.25) is 14.6 Å². The van der Waals surface area contributed by atoms with Gasteiger partial charge in [0.2, 0.25) is 5.91 Å². The second-order valence-electron chi connectivity index (χ2n) is 5.33. The molecule has 0 saturated carbocycles. The third-order valence-corrected chi connectivity index (χ3v) is 4.86. The van der Waals surface area contributed by atoms with E-state index in [0.717, 1.165) is 11.4 Å². The molecule has 1 atom stereocenters. The van der Waals surface area contributed by atoms with Crippen molar-refractivity contribution in [2.24, 2.45) is 0 Å². The van der Waals surface area contributed by atoms with Gasteiger partial charge in [-0.15, -0.1) is 0 Å². The molecule has 1 heterocycles. The molecular weight excluding hydrogens is 402 g/mol. The molecule has 0 aliphatic carbocycles. The molecule has 1 unspecified atom stereocenters. The number of pyridine rings is 1. The van der Waals surface area contributed by atoms with Crippen LogP contribution >= 0.6 is 27.7 Å². The van der Waals surface area contributed by atoms with Gasteiger partial charge in [0.15, 0.2) is 0 Å². The molecule has 2 rings (SSSR count). The minimum atomic E-state index is -0.587. The Bertz CT molecular complexity index is 712. The van der Waals surface area contributed by atoms with Crippen LogP contribution in [0.3, 0.4) is 0 Å². The van der Waals surface area contributed by atoms with Crippen molar-refractivity contribution < 1.29 is 9.59 Å². The van der Waals surface area contributed by atoms with E-state index in [1.165, 1.54) is 0 Å². The number of hydrogen-bond acceptors (Lipinski definition) is 4. The fraction of sp³-hybridized carbons (Fsp3) is 0.278. The van der Waals surface area contributed by atoms with E-state index >= 15 is 0 Å². The highest BCUT2D eigenvalue weighted by atomic mass is 79.9. The third-order valence-electron chi connectivity index (χ3n) is 3.52. The van der Waals surface area contributed by atoms with Crippen LogP contribution in [-0.4, -0.2) is 34.8 Å². The van der Waals surface area contributed by atoms with E-state index in [2.05, 4.69) is 31.5 Å². The maximum Gasteiger partial charge on any atom is 0.253 e. The zero-order chi connectivity index (χ0) is 18.1. The second kappa shape index (κ2) is 10.2. The smallest absolute Gasteiger partial charge is 0.253 e. The number of hydrogen-bond donors (Lipinski definition) is 2. The summed E-state index contributed by atoms with van der Waals surface area (Å²) in [5.41, 5.74) is 1.28. The number of rotatable bonds is 8. The van der Waals surface area contributed by atoms with Crippen LogP contribution in [0.2, 0.25) is 0 Å². The maximum atomic E-state index is 12.5. The van der Waals surface area contributed by atoms with Gasteiger partial charge in [-0.25, -0.2) is 0 Å². The Labute approximate surface area is 160 Å². The Morgan fingerprint density at radius 1 is 1.20 bits per heavy atom. The van der Waals surface area contributed by atoms with Crippen molar-refractivity contribution in [1.29, 1.82) is 0 Å². The number of nitrogens with one attached hydrogen (secondary N) is 2. The molecule has 5 nitrogen and oxygen atoms in total. The lowest BCUT2D eigenvalue weighted by molar-refractivity contribution is -0.123. The highest BCUT2D eigenvalue weighted by Crippen LogP contribution is 2.16. The average Bonchev–Trinajstić information content (AvgIpc) is 2.64. The van der Waals surface area contributed by atoms with Crippen molar-refractivity contribution in [3.05, 3.63) is 64.4 Å². The van der Waals surface area contributed by atoms with Crippen LogP contribution < -0.4 is 10.6 Å². The summed E-state index contributed by atoms with van der Waals surface area (Å²) in [5, 5.41) is 5.67. The van der Waals surface area contributed by atoms with Crippen molar-refractivity contribution in [3.8, 4) is 0 Å². The molecule has 7 heteroatoms. The molecule has 2 amide bonds. The first kappa shape index (κ1) is 19.5. The van der Waals surface area contributed by atoms with Crippen LogP contribution in [0.15, 0.2) is 53.1 Å². The van der Waals surface area contributed by atoms with Gasteiger partial charge in [0.25, 0.3) is 5.91 Å². The standard InChI is InChI=1S/C18H20BrN3O2S/c1-25-11-9-16(18(24)21-12-13-6-4-5-10-20-13)22-17(23)14-7-2-3-8-15(14)19/h2-8,10,16H,9,11-12H2,1H3,(H,21,24)(H,22,23). The van der Waals surface area contributed by atoms with E-state index in [9.17, 15) is 9.59 Å². The lowest BCUT2D eigenvalue weighted by Crippen LogP contribution is -2.47. The van der Waals surface area contributed by atoms with Crippen molar-refractivity contribution in [3.63, 3.8) is 0 Å². The number of benzene rings is 1. The summed E-state index contributed by atoms with van der Waals surface area (Å²) < 4.78 is 0.699. The quantitative estimate of drug-likeness (QED) is 0.686. The van der Waals surface area contributed by atoms with Gasteiger partial charge in [0.1, 0.15) is 6.04 Å². The zero-order valence-corrected chi connectivity index (χ0v) is 16.3. The molecule has 0 bridgehead atoms. The minimum Gasteiger partial charge on any atom is -0.349 e. The monoisotopic (exact) mass is 421 g/mol. The Morgan fingerprint density at radius 3 is 2.64 bits per heavy atom. The van der Waals surface area contributed by atoms with Crippen molar-refractivity contribution in [2.45, 2.75) is 19.0 Å². The molecule has 0 radical (unpaired) electrons. The van der Waals surface area contributed by atoms with Gasteiger partial charge >= 0.3 is 0 Å². The number of carbonyl (C=O) groups excluding carboxylic acids is 2. The highest BCUT2D eigenvalue weighted by Gasteiger charge is 2.21. The first-order valence-electron chi connectivity index (χ1n) is 7.83. The van der Waals surface area contributed by atoms with E-state index in [4.69, 9.17) is 0 Å². The Morgan fingerprint density at radius 2 is 1.96 bits per heavy atom. The summed E-state index contributed by atoms with van der Waals surface area (Å²) in [6.45, 7) is 0.334. The number of halogens is 1. The molecule has 1 aromatic heterocycles. The Kier molecular flexibility index (Phi) is 7.94. The van der Waals surface area contributed by atoms with Crippen molar-refractivity contribution in [2.75, 3.05) is 12.0 Å². The van der Waals surface area contributed by atoms with Crippen LogP contribution in [-0.2, 0) is 11.3 Å². The van der Waals surface area contributed by atoms with Gasteiger partial charge in [-0.1, -0.05) is 18.2 Å². The number of thioether (sulfide) groups is 1. The average molecular weight is 422 g/mol. The maximum absolute atomic E-state index is 12.5. The molecule has 0 saturated heterocycles. The van der Waals surface area contributed by atoms with Gasteiger partial charge in [0, 0.05) is 10.7 Å². The minimum absolute atomic E-state index is 0.208. The van der Waals surface area contributed by atoms with E-state index < -0.39 is 6.04 Å². The predicted molar refractivity (Wildman–Crippen MR) is 104 cm³/mol. The molecular formula is C18H20BrN3O2S. The van der Waals surface area contributed by atoms with E-state index in [-0.39, 0.29) is 11.8 Å². The molecule has 0 aliphatic heterocycles. The number of nitrogens with zero attached hydrogens (tertiary/aromatic N) is 1. The van der Waals surface area contributed by atoms with Crippen LogP contribution in [0, 0.1) is 0 Å². The summed E-state index contributed by atoms with van der Waals surface area (Å²) in [4.78, 5) is 29.2. The van der Waals surface area contributed by atoms with Crippen LogP contribution in [0.25, 0.3) is 0 Å². The normalized spacial score (nSPS) is 11.6. The lowest BCUT2D eigenvalue weighted by Gasteiger charge is -2.18. The third kappa shape index (κ3) is 6.17. The van der Waals surface area contributed by atoms with Crippen molar-refractivity contribution >= 4 is 39.5 Å². The molecule has 1 aromatic carbocycles. The fourth-order valence-electron chi connectivity index (χ4n) is 2.19. The molecule has 0 fully saturated rings. The zero-order valence-electron chi connectivity index (χ0n) is 13.9. The lowest BCUT2D eigenvalue weighted by atomic mass is 10.1. The molecule has 2 N–H and O–H groups in total. The molecule has 2 aromatic rings. The van der Waals surface area contributed by atoms with Gasteiger partial charge in [-0.2, -0.15) is 11.8 Å². The Balaban J connectivity index is 2.00. The summed E-state index contributed by atoms with van der Waals surface area (Å²) >= 11 is 5.00. The van der Waals surface area contributed by atoms with Crippen LogP contribution in [0.4, 0.5) is 0 Å². The molecule has 25 heavy (non-hydrogen) atoms. The van der Waals surface area contributed by atoms with E-state index in [1.54, 1.807) is 36.2 Å². The van der Waals surface area contributed by atoms with E-state index in [1.807, 2.05) is 30.5 Å². The van der Waals surface area contributed by atoms with Crippen molar-refractivity contribution in [1.82, 2.24) is 15.6 Å². The van der Waals surface area contributed by atoms with Gasteiger partial charge < -0.3 is 10.6 Å². The van der Waals surface area contributed by atoms with Crippen LogP contribution in [0.5, 0.6) is 0 Å². The first-order chi connectivity index (χ1) is 12.1. The number of carbonyl (C=O) groups is 2. The summed E-state index contributed by atoms with van der Waals surface area (Å²) in [6, 6.07) is 12.1. The molecule has 0 spiro atoms. The highest BCUT2D eigenvalue weighted by molar-refractivity contribution is 9.10. The fourth-order valence-corrected chi connectivity index (χ4v) is 3.13. The summed E-state index contributed by atoms with van der Waals surface area (Å²) in [7, 11) is 0. The SMILES string of the molecule is CSCCC(NC(=O)c1ccccc1Br)C(=O)NCc1ccccn1. The van der Waals surface area contributed by atoms with E-state index in [0.29, 0.717) is 23.0 Å².